The van der Waals surface area contributed by atoms with E-state index in [1.807, 2.05) is 55.4 Å². The molecule has 0 aromatic carbocycles. The second-order valence-corrected chi connectivity index (χ2v) is 10.5. The molecule has 0 saturated heterocycles. The van der Waals surface area contributed by atoms with Gasteiger partial charge in [0.1, 0.15) is 0 Å². The van der Waals surface area contributed by atoms with Crippen LogP contribution in [0.5, 0.6) is 0 Å². The van der Waals surface area contributed by atoms with Crippen molar-refractivity contribution in [2.24, 2.45) is 32.3 Å². The Labute approximate surface area is 161 Å². The van der Waals surface area contributed by atoms with Gasteiger partial charge in [-0.3, -0.25) is 0 Å². The molecule has 0 amide bonds. The maximum absolute atomic E-state index is 5.85. The number of azo groups is 2. The van der Waals surface area contributed by atoms with Crippen molar-refractivity contribution in [3.05, 3.63) is 0 Å². The average Bonchev–Trinajstić information content (AvgIpc) is 2.39. The molecule has 0 radical (unpaired) electrons. The molecular weight excluding hydrogens is 328 g/mol. The zero-order valence-corrected chi connectivity index (χ0v) is 19.2. The second-order valence-electron chi connectivity index (χ2n) is 10.5. The third-order valence-corrected chi connectivity index (χ3v) is 3.10. The Bertz CT molecular complexity index is 431. The van der Waals surface area contributed by atoms with E-state index < -0.39 is 11.4 Å². The van der Waals surface area contributed by atoms with Gasteiger partial charge in [0.15, 0.2) is 0 Å². The molecular formula is C20H42N4O2. The zero-order valence-electron chi connectivity index (χ0n) is 19.2. The first-order valence-corrected chi connectivity index (χ1v) is 9.70. The quantitative estimate of drug-likeness (QED) is 0.250. The monoisotopic (exact) mass is 370 g/mol. The summed E-state index contributed by atoms with van der Waals surface area (Å²) in [4.78, 5) is 11.7. The molecule has 0 N–H and O–H groups in total. The van der Waals surface area contributed by atoms with Gasteiger partial charge in [-0.2, -0.15) is 20.5 Å². The van der Waals surface area contributed by atoms with E-state index in [0.717, 1.165) is 0 Å². The molecule has 0 aliphatic carbocycles. The lowest BCUT2D eigenvalue weighted by atomic mass is 10.0. The number of rotatable bonds is 9. The Morgan fingerprint density at radius 3 is 1.00 bits per heavy atom. The highest BCUT2D eigenvalue weighted by Gasteiger charge is 2.35. The largest absolute Gasteiger partial charge is 0.210 e. The molecule has 0 heterocycles. The van der Waals surface area contributed by atoms with Gasteiger partial charge in [-0.15, -0.1) is 0 Å². The van der Waals surface area contributed by atoms with Crippen LogP contribution in [0.4, 0.5) is 0 Å². The van der Waals surface area contributed by atoms with Crippen molar-refractivity contribution in [1.82, 2.24) is 0 Å². The van der Waals surface area contributed by atoms with Crippen LogP contribution in [-0.4, -0.2) is 22.5 Å². The molecule has 0 fully saturated rings. The molecule has 0 bridgehead atoms. The van der Waals surface area contributed by atoms with Gasteiger partial charge >= 0.3 is 0 Å². The minimum absolute atomic E-state index is 0.269. The van der Waals surface area contributed by atoms with Gasteiger partial charge in [0.25, 0.3) is 0 Å². The normalized spacial score (nSPS) is 18.8. The van der Waals surface area contributed by atoms with Crippen LogP contribution in [0.25, 0.3) is 0 Å². The van der Waals surface area contributed by atoms with Crippen LogP contribution in [0, 0.1) is 11.8 Å². The fraction of sp³-hybridized carbons (Fsp3) is 1.00. The Kier molecular flexibility index (Phi) is 9.04. The van der Waals surface area contributed by atoms with Gasteiger partial charge in [0.05, 0.1) is 11.1 Å². The predicted octanol–water partition coefficient (Wildman–Crippen LogP) is 6.96. The summed E-state index contributed by atoms with van der Waals surface area (Å²) in [7, 11) is 0. The minimum Gasteiger partial charge on any atom is -0.202 e. The summed E-state index contributed by atoms with van der Waals surface area (Å²) in [5, 5.41) is 17.7. The first-order chi connectivity index (χ1) is 11.5. The van der Waals surface area contributed by atoms with Gasteiger partial charge < -0.3 is 0 Å². The van der Waals surface area contributed by atoms with Crippen LogP contribution in [-0.2, 0) is 9.78 Å². The third kappa shape index (κ3) is 12.5. The van der Waals surface area contributed by atoms with E-state index in [9.17, 15) is 0 Å². The van der Waals surface area contributed by atoms with Crippen molar-refractivity contribution in [2.75, 3.05) is 0 Å². The third-order valence-electron chi connectivity index (χ3n) is 3.10. The van der Waals surface area contributed by atoms with Crippen LogP contribution >= 0.6 is 0 Å². The molecule has 154 valence electrons. The highest BCUT2D eigenvalue weighted by molar-refractivity contribution is 4.77. The lowest BCUT2D eigenvalue weighted by molar-refractivity contribution is -0.411. The first-order valence-electron chi connectivity index (χ1n) is 9.70. The summed E-state index contributed by atoms with van der Waals surface area (Å²) in [6.07, 6.45) is 1.39. The topological polar surface area (TPSA) is 67.9 Å². The van der Waals surface area contributed by atoms with E-state index >= 15 is 0 Å². The van der Waals surface area contributed by atoms with Crippen molar-refractivity contribution in [3.8, 4) is 0 Å². The van der Waals surface area contributed by atoms with Crippen LogP contribution in [0.3, 0.4) is 0 Å². The lowest BCUT2D eigenvalue weighted by Gasteiger charge is -2.32. The number of hydrogen-bond donors (Lipinski definition) is 0. The fourth-order valence-corrected chi connectivity index (χ4v) is 2.39. The van der Waals surface area contributed by atoms with Crippen molar-refractivity contribution in [3.63, 3.8) is 0 Å². The molecule has 2 atom stereocenters. The number of hydrogen-bond acceptors (Lipinski definition) is 6. The van der Waals surface area contributed by atoms with Crippen LogP contribution < -0.4 is 0 Å². The van der Waals surface area contributed by atoms with Gasteiger partial charge in [-0.1, -0.05) is 27.7 Å². The van der Waals surface area contributed by atoms with E-state index in [4.69, 9.17) is 9.78 Å². The van der Waals surface area contributed by atoms with Crippen molar-refractivity contribution in [1.29, 1.82) is 0 Å². The maximum Gasteiger partial charge on any atom is 0.210 e. The molecule has 6 heteroatoms. The first kappa shape index (κ1) is 25.1. The molecule has 26 heavy (non-hydrogen) atoms. The van der Waals surface area contributed by atoms with Crippen LogP contribution in [0.2, 0.25) is 0 Å². The van der Waals surface area contributed by atoms with Crippen molar-refractivity contribution >= 4 is 0 Å². The molecule has 0 aromatic heterocycles. The summed E-state index contributed by atoms with van der Waals surface area (Å²) in [5.74, 6) is 0.769. The van der Waals surface area contributed by atoms with E-state index in [1.54, 1.807) is 0 Å². The summed E-state index contributed by atoms with van der Waals surface area (Å²) in [5.41, 5.74) is -2.27. The number of nitrogens with zero attached hydrogens (tertiary/aromatic N) is 4. The van der Waals surface area contributed by atoms with Gasteiger partial charge in [0, 0.05) is 12.8 Å². The summed E-state index contributed by atoms with van der Waals surface area (Å²) >= 11 is 0. The minimum atomic E-state index is -0.864. The van der Waals surface area contributed by atoms with E-state index in [0.29, 0.717) is 24.7 Å². The average molecular weight is 371 g/mol. The molecule has 0 spiro atoms. The van der Waals surface area contributed by atoms with Gasteiger partial charge in [-0.05, 0) is 67.2 Å². The Balaban J connectivity index is 5.44. The van der Waals surface area contributed by atoms with Gasteiger partial charge in [-0.25, -0.2) is 9.78 Å². The zero-order chi connectivity index (χ0) is 20.8. The van der Waals surface area contributed by atoms with Gasteiger partial charge in [0.2, 0.25) is 11.4 Å². The lowest BCUT2D eigenvalue weighted by Crippen LogP contribution is -2.36. The summed E-state index contributed by atoms with van der Waals surface area (Å²) < 4.78 is 0. The Hall–Kier alpha value is -0.880. The van der Waals surface area contributed by atoms with E-state index in [-0.39, 0.29) is 11.1 Å². The molecule has 6 nitrogen and oxygen atoms in total. The smallest absolute Gasteiger partial charge is 0.202 e. The maximum atomic E-state index is 5.85. The molecule has 0 saturated carbocycles. The fourth-order valence-electron chi connectivity index (χ4n) is 2.39. The predicted molar refractivity (Wildman–Crippen MR) is 107 cm³/mol. The van der Waals surface area contributed by atoms with Crippen molar-refractivity contribution in [2.45, 2.75) is 118 Å². The van der Waals surface area contributed by atoms with Crippen LogP contribution in [0.15, 0.2) is 20.5 Å². The molecule has 0 rings (SSSR count). The molecule has 0 aliphatic heterocycles. The second kappa shape index (κ2) is 9.36. The summed E-state index contributed by atoms with van der Waals surface area (Å²) in [6, 6.07) is 0. The summed E-state index contributed by atoms with van der Waals surface area (Å²) in [6.45, 7) is 24.4. The molecule has 0 aromatic rings. The van der Waals surface area contributed by atoms with Crippen molar-refractivity contribution < 1.29 is 9.78 Å². The SMILES string of the molecule is CC(C)CC(C)(/N=N/C(C)(C)C)OOC(C)(CC(C)C)/N=N/C(C)(C)C. The molecule has 0 aliphatic rings. The molecule has 2 unspecified atom stereocenters. The Morgan fingerprint density at radius 2 is 0.808 bits per heavy atom. The van der Waals surface area contributed by atoms with Crippen LogP contribution in [0.1, 0.15) is 95.9 Å². The Morgan fingerprint density at radius 1 is 0.538 bits per heavy atom. The van der Waals surface area contributed by atoms with E-state index in [1.165, 1.54) is 0 Å². The highest BCUT2D eigenvalue weighted by Crippen LogP contribution is 2.31. The van der Waals surface area contributed by atoms with E-state index in [2.05, 4.69) is 48.2 Å². The standard InChI is InChI=1S/C20H42N4O2/c1-15(2)13-19(11,23-21-17(5,6)7)25-26-20(12,14-16(3)4)24-22-18(8,9)10/h15-16H,13-14H2,1-12H3/b23-21+,24-22+. The highest BCUT2D eigenvalue weighted by atomic mass is 17.2.